The molecule has 0 aliphatic rings. The van der Waals surface area contributed by atoms with Crippen LogP contribution in [0.25, 0.3) is 0 Å². The summed E-state index contributed by atoms with van der Waals surface area (Å²) in [5.41, 5.74) is 0.708. The van der Waals surface area contributed by atoms with E-state index in [1.807, 2.05) is 23.9 Å². The maximum absolute atomic E-state index is 12.2. The first-order valence-electron chi connectivity index (χ1n) is 6.71. The number of aromatic nitrogens is 1. The molecule has 1 amide bonds. The van der Waals surface area contributed by atoms with Crippen LogP contribution >= 0.6 is 15.9 Å². The Balaban J connectivity index is 2.62. The summed E-state index contributed by atoms with van der Waals surface area (Å²) in [6.45, 7) is 4.34. The van der Waals surface area contributed by atoms with Crippen molar-refractivity contribution in [1.82, 2.24) is 9.88 Å². The molecule has 0 fully saturated rings. The first-order chi connectivity index (χ1) is 8.58. The highest BCUT2D eigenvalue weighted by Crippen LogP contribution is 2.14. The van der Waals surface area contributed by atoms with E-state index in [0.29, 0.717) is 11.7 Å². The molecule has 1 unspecified atom stereocenters. The van der Waals surface area contributed by atoms with E-state index in [1.54, 1.807) is 0 Å². The van der Waals surface area contributed by atoms with Crippen molar-refractivity contribution in [3.05, 3.63) is 22.4 Å². The second-order valence-corrected chi connectivity index (χ2v) is 5.67. The molecule has 18 heavy (non-hydrogen) atoms. The van der Waals surface area contributed by atoms with Gasteiger partial charge in [-0.25, -0.2) is 0 Å². The van der Waals surface area contributed by atoms with Crippen molar-refractivity contribution in [3.8, 4) is 0 Å². The van der Waals surface area contributed by atoms with Crippen molar-refractivity contribution in [2.45, 2.75) is 52.0 Å². The molecule has 0 aliphatic carbocycles. The van der Waals surface area contributed by atoms with Crippen LogP contribution in [0, 0.1) is 0 Å². The Morgan fingerprint density at radius 2 is 2.11 bits per heavy atom. The number of unbranched alkanes of at least 4 members (excludes halogenated alkanes) is 1. The van der Waals surface area contributed by atoms with Crippen LogP contribution < -0.4 is 5.32 Å². The number of aryl methyl sites for hydroxylation is 1. The van der Waals surface area contributed by atoms with Crippen molar-refractivity contribution in [1.29, 1.82) is 0 Å². The highest BCUT2D eigenvalue weighted by Gasteiger charge is 2.15. The van der Waals surface area contributed by atoms with Gasteiger partial charge in [0, 0.05) is 23.8 Å². The topological polar surface area (TPSA) is 34.0 Å². The molecule has 0 spiro atoms. The summed E-state index contributed by atoms with van der Waals surface area (Å²) in [6.07, 6.45) is 7.47. The molecule has 1 heterocycles. The molecule has 3 nitrogen and oxygen atoms in total. The number of carbonyl (C=O) groups is 1. The lowest BCUT2D eigenvalue weighted by Crippen LogP contribution is -2.35. The maximum atomic E-state index is 12.2. The van der Waals surface area contributed by atoms with Gasteiger partial charge in [0.15, 0.2) is 0 Å². The molecule has 4 heteroatoms. The molecule has 0 saturated heterocycles. The van der Waals surface area contributed by atoms with Crippen LogP contribution in [0.5, 0.6) is 0 Å². The molecule has 0 aromatic carbocycles. The third-order valence-electron chi connectivity index (χ3n) is 3.08. The second kappa shape index (κ2) is 7.62. The van der Waals surface area contributed by atoms with Gasteiger partial charge in [-0.15, -0.1) is 0 Å². The molecular formula is C14H23BrN2O. The van der Waals surface area contributed by atoms with E-state index in [-0.39, 0.29) is 5.91 Å². The zero-order chi connectivity index (χ0) is 13.5. The number of amides is 1. The average molecular weight is 315 g/mol. The predicted octanol–water partition coefficient (Wildman–Crippen LogP) is 3.88. The van der Waals surface area contributed by atoms with Crippen LogP contribution in [0.3, 0.4) is 0 Å². The Morgan fingerprint density at radius 3 is 2.61 bits per heavy atom. The lowest BCUT2D eigenvalue weighted by molar-refractivity contribution is 0.0924. The summed E-state index contributed by atoms with van der Waals surface area (Å²) in [5, 5.41) is 3.14. The fraction of sp³-hybridized carbons (Fsp3) is 0.643. The third kappa shape index (κ3) is 4.48. The molecule has 1 aromatic heterocycles. The fourth-order valence-electron chi connectivity index (χ4n) is 2.10. The van der Waals surface area contributed by atoms with Crippen LogP contribution in [-0.2, 0) is 7.05 Å². The van der Waals surface area contributed by atoms with Crippen LogP contribution in [0.4, 0.5) is 0 Å². The van der Waals surface area contributed by atoms with Gasteiger partial charge >= 0.3 is 0 Å². The van der Waals surface area contributed by atoms with Crippen molar-refractivity contribution in [3.63, 3.8) is 0 Å². The van der Waals surface area contributed by atoms with Gasteiger partial charge in [0.25, 0.3) is 5.91 Å². The Hall–Kier alpha value is -0.770. The molecule has 0 radical (unpaired) electrons. The number of carbonyl (C=O) groups excluding carboxylic acids is 1. The Kier molecular flexibility index (Phi) is 6.47. The Bertz CT molecular complexity index is 387. The Morgan fingerprint density at radius 1 is 1.39 bits per heavy atom. The second-order valence-electron chi connectivity index (χ2n) is 4.76. The van der Waals surface area contributed by atoms with Crippen molar-refractivity contribution in [2.24, 2.45) is 7.05 Å². The number of hydrogen-bond donors (Lipinski definition) is 1. The number of rotatable bonds is 7. The maximum Gasteiger partial charge on any atom is 0.268 e. The van der Waals surface area contributed by atoms with E-state index in [2.05, 4.69) is 35.1 Å². The first-order valence-corrected chi connectivity index (χ1v) is 7.50. The molecule has 1 atom stereocenters. The molecule has 1 N–H and O–H groups in total. The van der Waals surface area contributed by atoms with Gasteiger partial charge in [-0.05, 0) is 34.8 Å². The molecule has 0 saturated carbocycles. The average Bonchev–Trinajstić information content (AvgIpc) is 2.65. The van der Waals surface area contributed by atoms with E-state index in [4.69, 9.17) is 0 Å². The van der Waals surface area contributed by atoms with Crippen molar-refractivity contribution >= 4 is 21.8 Å². The summed E-state index contributed by atoms with van der Waals surface area (Å²) in [6, 6.07) is 2.16. The summed E-state index contributed by atoms with van der Waals surface area (Å²) < 4.78 is 2.79. The van der Waals surface area contributed by atoms with Gasteiger partial charge in [-0.1, -0.05) is 33.1 Å². The molecule has 0 bridgehead atoms. The summed E-state index contributed by atoms with van der Waals surface area (Å²) in [5.74, 6) is 0.0257. The van der Waals surface area contributed by atoms with E-state index in [0.717, 1.165) is 23.7 Å². The summed E-state index contributed by atoms with van der Waals surface area (Å²) in [4.78, 5) is 12.2. The fourth-order valence-corrected chi connectivity index (χ4v) is 2.62. The zero-order valence-corrected chi connectivity index (χ0v) is 13.1. The van der Waals surface area contributed by atoms with E-state index in [1.165, 1.54) is 12.8 Å². The lowest BCUT2D eigenvalue weighted by Gasteiger charge is -2.18. The number of halogens is 1. The van der Waals surface area contributed by atoms with Crippen molar-refractivity contribution < 1.29 is 4.79 Å². The minimum atomic E-state index is 0.0257. The predicted molar refractivity (Wildman–Crippen MR) is 78.8 cm³/mol. The van der Waals surface area contributed by atoms with Crippen LogP contribution in [0.15, 0.2) is 16.7 Å². The van der Waals surface area contributed by atoms with E-state index in [9.17, 15) is 4.79 Å². The van der Waals surface area contributed by atoms with Crippen molar-refractivity contribution in [2.75, 3.05) is 0 Å². The van der Waals surface area contributed by atoms with E-state index >= 15 is 0 Å². The van der Waals surface area contributed by atoms with Crippen LogP contribution in [0.2, 0.25) is 0 Å². The monoisotopic (exact) mass is 314 g/mol. The molecule has 102 valence electrons. The first kappa shape index (κ1) is 15.3. The summed E-state index contributed by atoms with van der Waals surface area (Å²) >= 11 is 3.39. The summed E-state index contributed by atoms with van der Waals surface area (Å²) in [7, 11) is 1.89. The lowest BCUT2D eigenvalue weighted by atomic mass is 10.1. The largest absolute Gasteiger partial charge is 0.348 e. The number of nitrogens with zero attached hydrogens (tertiary/aromatic N) is 1. The normalized spacial score (nSPS) is 12.4. The minimum Gasteiger partial charge on any atom is -0.348 e. The smallest absolute Gasteiger partial charge is 0.268 e. The molecule has 1 aromatic rings. The van der Waals surface area contributed by atoms with Gasteiger partial charge in [-0.2, -0.15) is 0 Å². The minimum absolute atomic E-state index is 0.0257. The van der Waals surface area contributed by atoms with Gasteiger partial charge in [-0.3, -0.25) is 4.79 Å². The Labute approximate surface area is 118 Å². The number of nitrogens with one attached hydrogen (secondary N) is 1. The quantitative estimate of drug-likeness (QED) is 0.814. The number of hydrogen-bond acceptors (Lipinski definition) is 1. The SMILES string of the molecule is CCCCC(CCC)NC(=O)c1cc(Br)cn1C. The highest BCUT2D eigenvalue weighted by molar-refractivity contribution is 9.10. The van der Waals surface area contributed by atoms with E-state index < -0.39 is 0 Å². The molecule has 1 rings (SSSR count). The standard InChI is InChI=1S/C14H23BrN2O/c1-4-6-8-12(7-5-2)16-14(18)13-9-11(15)10-17(13)3/h9-10,12H,4-8H2,1-3H3,(H,16,18). The molecule has 0 aliphatic heterocycles. The van der Waals surface area contributed by atoms with Gasteiger partial charge < -0.3 is 9.88 Å². The van der Waals surface area contributed by atoms with Crippen LogP contribution in [0.1, 0.15) is 56.4 Å². The highest BCUT2D eigenvalue weighted by atomic mass is 79.9. The zero-order valence-electron chi connectivity index (χ0n) is 11.5. The molecular weight excluding hydrogens is 292 g/mol. The van der Waals surface area contributed by atoms with Gasteiger partial charge in [0.05, 0.1) is 0 Å². The third-order valence-corrected chi connectivity index (χ3v) is 3.52. The van der Waals surface area contributed by atoms with Crippen LogP contribution in [-0.4, -0.2) is 16.5 Å². The van der Waals surface area contributed by atoms with Gasteiger partial charge in [0.2, 0.25) is 0 Å². The van der Waals surface area contributed by atoms with Gasteiger partial charge in [0.1, 0.15) is 5.69 Å².